The highest BCUT2D eigenvalue weighted by Crippen LogP contribution is 2.40. The summed E-state index contributed by atoms with van der Waals surface area (Å²) < 4.78 is 0. The van der Waals surface area contributed by atoms with Crippen LogP contribution < -0.4 is 10.2 Å². The molecule has 1 aromatic carbocycles. The van der Waals surface area contributed by atoms with Gasteiger partial charge in [0, 0.05) is 50.9 Å². The van der Waals surface area contributed by atoms with Gasteiger partial charge in [0.25, 0.3) is 5.91 Å². The lowest BCUT2D eigenvalue weighted by atomic mass is 9.84. The van der Waals surface area contributed by atoms with E-state index in [0.29, 0.717) is 11.6 Å². The number of piperidine rings is 1. The minimum absolute atomic E-state index is 0.171. The van der Waals surface area contributed by atoms with Crippen molar-refractivity contribution in [2.75, 3.05) is 31.6 Å². The zero-order valence-electron chi connectivity index (χ0n) is 20.1. The predicted molar refractivity (Wildman–Crippen MR) is 134 cm³/mol. The number of rotatable bonds is 3. The molecule has 5 rings (SSSR count). The van der Waals surface area contributed by atoms with Crippen LogP contribution in [-0.4, -0.2) is 53.4 Å². The monoisotopic (exact) mass is 457 g/mol. The SMILES string of the molecule is CNC(=O)c1cc2ncccc2c(N2CCCc3cc(C4CCN(C(C)=O)CC4)c(C)cc32)n1. The van der Waals surface area contributed by atoms with Crippen molar-refractivity contribution in [1.29, 1.82) is 0 Å². The molecule has 0 aliphatic carbocycles. The number of carbonyl (C=O) groups is 2. The largest absolute Gasteiger partial charge is 0.354 e. The van der Waals surface area contributed by atoms with Crippen molar-refractivity contribution in [2.45, 2.75) is 45.4 Å². The van der Waals surface area contributed by atoms with Gasteiger partial charge in [0.15, 0.2) is 0 Å². The van der Waals surface area contributed by atoms with Gasteiger partial charge in [-0.3, -0.25) is 14.6 Å². The Kier molecular flexibility index (Phi) is 5.94. The number of hydrogen-bond donors (Lipinski definition) is 1. The second-order valence-corrected chi connectivity index (χ2v) is 9.35. The first-order valence-corrected chi connectivity index (χ1v) is 12.1. The molecule has 1 N–H and O–H groups in total. The molecule has 0 bridgehead atoms. The summed E-state index contributed by atoms with van der Waals surface area (Å²) in [6.07, 6.45) is 5.81. The first-order valence-electron chi connectivity index (χ1n) is 12.1. The summed E-state index contributed by atoms with van der Waals surface area (Å²) in [5.74, 6) is 1.22. The van der Waals surface area contributed by atoms with Crippen molar-refractivity contribution in [3.63, 3.8) is 0 Å². The number of likely N-dealkylation sites (tertiary alicyclic amines) is 1. The Hall–Kier alpha value is -3.48. The second kappa shape index (κ2) is 9.05. The van der Waals surface area contributed by atoms with Crippen LogP contribution >= 0.6 is 0 Å². The molecule has 176 valence electrons. The van der Waals surface area contributed by atoms with E-state index < -0.39 is 0 Å². The highest BCUT2D eigenvalue weighted by atomic mass is 16.2. The summed E-state index contributed by atoms with van der Waals surface area (Å²) in [7, 11) is 1.62. The van der Waals surface area contributed by atoms with E-state index in [9.17, 15) is 9.59 Å². The minimum Gasteiger partial charge on any atom is -0.354 e. The van der Waals surface area contributed by atoms with E-state index in [4.69, 9.17) is 4.98 Å². The topological polar surface area (TPSA) is 78.4 Å². The lowest BCUT2D eigenvalue weighted by molar-refractivity contribution is -0.129. The molecule has 1 fully saturated rings. The van der Waals surface area contributed by atoms with E-state index in [0.717, 1.165) is 62.0 Å². The number of aryl methyl sites for hydroxylation is 2. The molecule has 1 saturated heterocycles. The first kappa shape index (κ1) is 22.3. The molecule has 0 radical (unpaired) electrons. The molecule has 7 nitrogen and oxygen atoms in total. The van der Waals surface area contributed by atoms with Crippen LogP contribution in [0.1, 0.15) is 59.3 Å². The molecule has 3 aromatic rings. The van der Waals surface area contributed by atoms with Gasteiger partial charge in [0.2, 0.25) is 5.91 Å². The van der Waals surface area contributed by atoms with Crippen LogP contribution in [0.15, 0.2) is 36.5 Å². The lowest BCUT2D eigenvalue weighted by Crippen LogP contribution is -2.36. The molecule has 0 spiro atoms. The number of aromatic nitrogens is 2. The minimum atomic E-state index is -0.213. The second-order valence-electron chi connectivity index (χ2n) is 9.35. The van der Waals surface area contributed by atoms with Crippen LogP contribution in [-0.2, 0) is 11.2 Å². The third-order valence-electron chi connectivity index (χ3n) is 7.26. The Balaban J connectivity index is 1.54. The van der Waals surface area contributed by atoms with Gasteiger partial charge in [-0.05, 0) is 79.5 Å². The standard InChI is InChI=1S/C27H31N5O2/c1-17-14-25-20(15-22(17)19-8-12-31(13-9-19)18(2)33)6-5-11-32(25)26-21-7-4-10-29-23(21)16-24(30-26)27(34)28-3/h4,7,10,14-16,19H,5-6,8-9,11-13H2,1-3H3,(H,28,34). The average molecular weight is 458 g/mol. The number of nitrogens with zero attached hydrogens (tertiary/aromatic N) is 4. The zero-order valence-corrected chi connectivity index (χ0v) is 20.1. The fraction of sp³-hybridized carbons (Fsp3) is 0.407. The van der Waals surface area contributed by atoms with Crippen LogP contribution in [0, 0.1) is 6.92 Å². The molecular weight excluding hydrogens is 426 g/mol. The van der Waals surface area contributed by atoms with Crippen LogP contribution in [0.5, 0.6) is 0 Å². The summed E-state index contributed by atoms with van der Waals surface area (Å²) in [6.45, 7) is 6.35. The number of anilines is 2. The Labute approximate surface area is 200 Å². The van der Waals surface area contributed by atoms with Gasteiger partial charge < -0.3 is 15.1 Å². The summed E-state index contributed by atoms with van der Waals surface area (Å²) in [4.78, 5) is 37.7. The summed E-state index contributed by atoms with van der Waals surface area (Å²) in [5, 5.41) is 3.63. The predicted octanol–water partition coefficient (Wildman–Crippen LogP) is 4.11. The molecule has 2 aliphatic rings. The number of benzene rings is 1. The fourth-order valence-electron chi connectivity index (χ4n) is 5.43. The molecule has 7 heteroatoms. The number of hydrogen-bond acceptors (Lipinski definition) is 5. The Morgan fingerprint density at radius 3 is 2.65 bits per heavy atom. The molecular formula is C27H31N5O2. The average Bonchev–Trinajstić information content (AvgIpc) is 2.87. The maximum absolute atomic E-state index is 12.4. The Morgan fingerprint density at radius 2 is 1.91 bits per heavy atom. The summed E-state index contributed by atoms with van der Waals surface area (Å²) >= 11 is 0. The van der Waals surface area contributed by atoms with Crippen LogP contribution in [0.25, 0.3) is 10.9 Å². The third-order valence-corrected chi connectivity index (χ3v) is 7.26. The number of pyridine rings is 2. The smallest absolute Gasteiger partial charge is 0.269 e. The van der Waals surface area contributed by atoms with Crippen LogP contribution in [0.2, 0.25) is 0 Å². The van der Waals surface area contributed by atoms with Crippen molar-refractivity contribution >= 4 is 34.2 Å². The van der Waals surface area contributed by atoms with Crippen molar-refractivity contribution in [1.82, 2.24) is 20.2 Å². The van der Waals surface area contributed by atoms with Crippen LogP contribution in [0.3, 0.4) is 0 Å². The summed E-state index contributed by atoms with van der Waals surface area (Å²) in [5.41, 5.74) is 6.31. The first-order chi connectivity index (χ1) is 16.5. The van der Waals surface area contributed by atoms with Gasteiger partial charge in [0.1, 0.15) is 11.5 Å². The normalized spacial score (nSPS) is 16.4. The molecule has 2 amide bonds. The number of amides is 2. The van der Waals surface area contributed by atoms with Gasteiger partial charge >= 0.3 is 0 Å². The molecule has 34 heavy (non-hydrogen) atoms. The van der Waals surface area contributed by atoms with Gasteiger partial charge in [-0.2, -0.15) is 0 Å². The van der Waals surface area contributed by atoms with Gasteiger partial charge in [-0.1, -0.05) is 6.07 Å². The van der Waals surface area contributed by atoms with E-state index in [1.165, 1.54) is 22.4 Å². The number of nitrogens with one attached hydrogen (secondary N) is 1. The summed E-state index contributed by atoms with van der Waals surface area (Å²) in [6, 6.07) is 10.4. The van der Waals surface area contributed by atoms with Crippen molar-refractivity contribution in [3.8, 4) is 0 Å². The number of fused-ring (bicyclic) bond motifs is 2. The quantitative estimate of drug-likeness (QED) is 0.640. The molecule has 2 aliphatic heterocycles. The Bertz CT molecular complexity index is 1260. The van der Waals surface area contributed by atoms with Crippen molar-refractivity contribution in [3.05, 3.63) is 58.9 Å². The molecule has 0 atom stereocenters. The lowest BCUT2D eigenvalue weighted by Gasteiger charge is -2.35. The zero-order chi connectivity index (χ0) is 23.8. The third kappa shape index (κ3) is 4.00. The van der Waals surface area contributed by atoms with E-state index >= 15 is 0 Å². The molecule has 0 saturated carbocycles. The van der Waals surface area contributed by atoms with Gasteiger partial charge in [-0.25, -0.2) is 4.98 Å². The maximum Gasteiger partial charge on any atom is 0.269 e. The fourth-order valence-corrected chi connectivity index (χ4v) is 5.43. The van der Waals surface area contributed by atoms with Gasteiger partial charge in [-0.15, -0.1) is 0 Å². The van der Waals surface area contributed by atoms with E-state index in [1.54, 1.807) is 26.2 Å². The Morgan fingerprint density at radius 1 is 1.12 bits per heavy atom. The molecule has 2 aromatic heterocycles. The maximum atomic E-state index is 12.4. The highest BCUT2D eigenvalue weighted by Gasteiger charge is 2.27. The van der Waals surface area contributed by atoms with Crippen molar-refractivity contribution in [2.24, 2.45) is 0 Å². The van der Waals surface area contributed by atoms with Gasteiger partial charge in [0.05, 0.1) is 5.52 Å². The van der Waals surface area contributed by atoms with E-state index in [-0.39, 0.29) is 11.8 Å². The van der Waals surface area contributed by atoms with E-state index in [2.05, 4.69) is 34.3 Å². The van der Waals surface area contributed by atoms with Crippen LogP contribution in [0.4, 0.5) is 11.5 Å². The molecule has 0 unspecified atom stereocenters. The highest BCUT2D eigenvalue weighted by molar-refractivity contribution is 6.00. The molecule has 4 heterocycles. The number of carbonyl (C=O) groups excluding carboxylic acids is 2. The van der Waals surface area contributed by atoms with E-state index in [1.807, 2.05) is 17.0 Å². The van der Waals surface area contributed by atoms with Crippen molar-refractivity contribution < 1.29 is 9.59 Å².